The number of hydrogen-bond acceptors (Lipinski definition) is 5. The number of nitrogens with zero attached hydrogens (tertiary/aromatic N) is 2. The molecule has 4 nitrogen and oxygen atoms in total. The van der Waals surface area contributed by atoms with Crippen LogP contribution in [0.5, 0.6) is 5.75 Å². The monoisotopic (exact) mass is 230 g/mol. The first kappa shape index (κ1) is 10.3. The van der Waals surface area contributed by atoms with Crippen molar-refractivity contribution in [2.45, 2.75) is 0 Å². The van der Waals surface area contributed by atoms with E-state index in [9.17, 15) is 4.79 Å². The Morgan fingerprint density at radius 1 is 1.62 bits per heavy atom. The largest absolute Gasteiger partial charge is 0.423 e. The summed E-state index contributed by atoms with van der Waals surface area (Å²) in [6, 6.07) is 6.98. The molecule has 2 rings (SSSR count). The molecule has 0 aliphatic heterocycles. The van der Waals surface area contributed by atoms with E-state index in [-0.39, 0.29) is 0 Å². The molecule has 0 radical (unpaired) electrons. The van der Waals surface area contributed by atoms with Gasteiger partial charge in [0.15, 0.2) is 5.01 Å². The maximum absolute atomic E-state index is 11.0. The first-order valence-electron chi connectivity index (χ1n) is 4.38. The molecule has 78 valence electrons. The summed E-state index contributed by atoms with van der Waals surface area (Å²) in [6.45, 7) is 3.31. The fraction of sp³-hybridized carbons (Fsp3) is 0. The molecular formula is C11H6N2O2S. The molecule has 0 atom stereocenters. The van der Waals surface area contributed by atoms with Gasteiger partial charge in [-0.05, 0) is 12.1 Å². The lowest BCUT2D eigenvalue weighted by molar-refractivity contribution is -0.128. The van der Waals surface area contributed by atoms with Crippen molar-refractivity contribution in [2.24, 2.45) is 0 Å². The Labute approximate surface area is 95.4 Å². The number of esters is 1. The molecule has 5 heteroatoms. The summed E-state index contributed by atoms with van der Waals surface area (Å²) in [7, 11) is 0. The maximum atomic E-state index is 11.0. The third-order valence-corrected chi connectivity index (χ3v) is 2.76. The van der Waals surface area contributed by atoms with Crippen molar-refractivity contribution < 1.29 is 9.53 Å². The highest BCUT2D eigenvalue weighted by atomic mass is 32.1. The minimum atomic E-state index is -0.510. The molecule has 0 amide bonds. The molecule has 0 aliphatic rings. The fourth-order valence-corrected chi connectivity index (χ4v) is 1.97. The van der Waals surface area contributed by atoms with Gasteiger partial charge in [0.1, 0.15) is 11.8 Å². The van der Waals surface area contributed by atoms with E-state index in [1.807, 2.05) is 6.07 Å². The Morgan fingerprint density at radius 2 is 2.44 bits per heavy atom. The molecule has 0 N–H and O–H groups in total. The summed E-state index contributed by atoms with van der Waals surface area (Å²) in [4.78, 5) is 15.0. The van der Waals surface area contributed by atoms with Crippen molar-refractivity contribution in [3.05, 3.63) is 35.9 Å². The van der Waals surface area contributed by atoms with Crippen LogP contribution in [0.25, 0.3) is 10.2 Å². The Kier molecular flexibility index (Phi) is 2.66. The normalized spacial score (nSPS) is 9.69. The van der Waals surface area contributed by atoms with E-state index in [0.29, 0.717) is 10.8 Å². The lowest BCUT2D eigenvalue weighted by atomic mass is 10.3. The molecular weight excluding hydrogens is 224 g/mol. The second-order valence-corrected chi connectivity index (χ2v) is 3.92. The van der Waals surface area contributed by atoms with E-state index in [1.165, 1.54) is 11.3 Å². The smallest absolute Gasteiger partial charge is 0.335 e. The summed E-state index contributed by atoms with van der Waals surface area (Å²) >= 11 is 1.26. The number of aromatic nitrogens is 1. The van der Waals surface area contributed by atoms with Crippen LogP contribution in [0.3, 0.4) is 0 Å². The Bertz CT molecular complexity index is 610. The van der Waals surface area contributed by atoms with Crippen LogP contribution >= 0.6 is 11.3 Å². The lowest BCUT2D eigenvalue weighted by Crippen LogP contribution is -2.02. The highest BCUT2D eigenvalue weighted by Gasteiger charge is 2.06. The van der Waals surface area contributed by atoms with Gasteiger partial charge in [0, 0.05) is 12.1 Å². The molecule has 1 heterocycles. The molecule has 0 saturated carbocycles. The van der Waals surface area contributed by atoms with E-state index in [2.05, 4.69) is 11.6 Å². The summed E-state index contributed by atoms with van der Waals surface area (Å²) in [5, 5.41) is 9.08. The van der Waals surface area contributed by atoms with E-state index < -0.39 is 5.97 Å². The number of carbonyl (C=O) groups is 1. The molecule has 16 heavy (non-hydrogen) atoms. The number of nitriles is 1. The number of thiazole rings is 1. The molecule has 0 fully saturated rings. The summed E-state index contributed by atoms with van der Waals surface area (Å²) < 4.78 is 5.76. The molecule has 1 aromatic carbocycles. The van der Waals surface area contributed by atoms with Gasteiger partial charge in [-0.1, -0.05) is 6.58 Å². The predicted octanol–water partition coefficient (Wildman–Crippen LogP) is 2.26. The van der Waals surface area contributed by atoms with Gasteiger partial charge in [0.25, 0.3) is 0 Å². The van der Waals surface area contributed by atoms with Crippen molar-refractivity contribution in [3.63, 3.8) is 0 Å². The second kappa shape index (κ2) is 4.13. The molecule has 0 saturated heterocycles. The average Bonchev–Trinajstić information content (AvgIpc) is 2.71. The molecule has 0 spiro atoms. The Hall–Kier alpha value is -2.19. The van der Waals surface area contributed by atoms with Crippen LogP contribution in [-0.2, 0) is 4.79 Å². The van der Waals surface area contributed by atoms with E-state index in [0.717, 1.165) is 16.3 Å². The first-order valence-corrected chi connectivity index (χ1v) is 5.19. The third kappa shape index (κ3) is 1.92. The van der Waals surface area contributed by atoms with E-state index in [4.69, 9.17) is 10.00 Å². The van der Waals surface area contributed by atoms with Crippen molar-refractivity contribution in [2.75, 3.05) is 0 Å². The minimum absolute atomic E-state index is 0.391. The van der Waals surface area contributed by atoms with Gasteiger partial charge in [0.05, 0.1) is 10.2 Å². The van der Waals surface area contributed by atoms with E-state index >= 15 is 0 Å². The van der Waals surface area contributed by atoms with Crippen LogP contribution in [0.15, 0.2) is 30.9 Å². The number of hydrogen-bond donors (Lipinski definition) is 0. The highest BCUT2D eigenvalue weighted by molar-refractivity contribution is 7.19. The van der Waals surface area contributed by atoms with Gasteiger partial charge < -0.3 is 4.74 Å². The molecule has 0 aliphatic carbocycles. The van der Waals surface area contributed by atoms with Crippen molar-refractivity contribution >= 4 is 27.5 Å². The summed E-state index contributed by atoms with van der Waals surface area (Å²) in [5.74, 6) is -0.0880. The number of rotatable bonds is 2. The topological polar surface area (TPSA) is 63.0 Å². The van der Waals surface area contributed by atoms with Crippen LogP contribution < -0.4 is 4.74 Å². The van der Waals surface area contributed by atoms with Gasteiger partial charge in [-0.2, -0.15) is 5.26 Å². The van der Waals surface area contributed by atoms with Crippen molar-refractivity contribution in [1.29, 1.82) is 5.26 Å². The molecule has 0 unspecified atom stereocenters. The van der Waals surface area contributed by atoms with Gasteiger partial charge in [-0.15, -0.1) is 11.3 Å². The standard InChI is InChI=1S/C11H6N2O2S/c1-2-11(14)15-7-3-4-8-9(5-7)16-10(6-12)13-8/h2-5H,1H2. The number of fused-ring (bicyclic) bond motifs is 1. The molecule has 2 aromatic rings. The fourth-order valence-electron chi connectivity index (χ4n) is 1.17. The quantitative estimate of drug-likeness (QED) is 0.451. The van der Waals surface area contributed by atoms with Gasteiger partial charge in [0.2, 0.25) is 0 Å². The zero-order chi connectivity index (χ0) is 11.5. The van der Waals surface area contributed by atoms with Crippen LogP contribution in [0.4, 0.5) is 0 Å². The Balaban J connectivity index is 2.40. The van der Waals surface area contributed by atoms with Crippen LogP contribution in [0, 0.1) is 11.3 Å². The first-order chi connectivity index (χ1) is 7.72. The zero-order valence-corrected chi connectivity index (χ0v) is 8.95. The SMILES string of the molecule is C=CC(=O)Oc1ccc2nc(C#N)sc2c1. The Morgan fingerprint density at radius 3 is 3.12 bits per heavy atom. The van der Waals surface area contributed by atoms with Crippen LogP contribution in [0.1, 0.15) is 5.01 Å². The number of ether oxygens (including phenoxy) is 1. The van der Waals surface area contributed by atoms with E-state index in [1.54, 1.807) is 18.2 Å². The minimum Gasteiger partial charge on any atom is -0.423 e. The van der Waals surface area contributed by atoms with Gasteiger partial charge in [-0.3, -0.25) is 0 Å². The number of carbonyl (C=O) groups excluding carboxylic acids is 1. The average molecular weight is 230 g/mol. The van der Waals surface area contributed by atoms with Crippen molar-refractivity contribution in [1.82, 2.24) is 4.98 Å². The van der Waals surface area contributed by atoms with Crippen LogP contribution in [0.2, 0.25) is 0 Å². The lowest BCUT2D eigenvalue weighted by Gasteiger charge is -1.99. The van der Waals surface area contributed by atoms with Crippen LogP contribution in [-0.4, -0.2) is 11.0 Å². The third-order valence-electron chi connectivity index (χ3n) is 1.84. The molecule has 0 bridgehead atoms. The van der Waals surface area contributed by atoms with Gasteiger partial charge >= 0.3 is 5.97 Å². The zero-order valence-electron chi connectivity index (χ0n) is 8.14. The predicted molar refractivity (Wildman–Crippen MR) is 60.2 cm³/mol. The maximum Gasteiger partial charge on any atom is 0.335 e. The van der Waals surface area contributed by atoms with Gasteiger partial charge in [-0.25, -0.2) is 9.78 Å². The van der Waals surface area contributed by atoms with Crippen molar-refractivity contribution in [3.8, 4) is 11.8 Å². The molecule has 1 aromatic heterocycles. The highest BCUT2D eigenvalue weighted by Crippen LogP contribution is 2.26. The number of benzene rings is 1. The summed E-state index contributed by atoms with van der Waals surface area (Å²) in [6.07, 6.45) is 1.09. The summed E-state index contributed by atoms with van der Waals surface area (Å²) in [5.41, 5.74) is 0.722. The second-order valence-electron chi connectivity index (χ2n) is 2.89.